The van der Waals surface area contributed by atoms with Gasteiger partial charge in [0.15, 0.2) is 46.9 Å². The number of hydrogen-bond acceptors (Lipinski definition) is 19. The minimum Gasteiger partial charge on any atom is -0.385 e. The third-order valence-electron chi connectivity index (χ3n) is 20.2. The van der Waals surface area contributed by atoms with E-state index in [1.165, 1.54) is 0 Å². The summed E-state index contributed by atoms with van der Waals surface area (Å²) in [6.07, 6.45) is 10.8. The quantitative estimate of drug-likeness (QED) is 0.0487. The molecule has 9 aromatic rings. The molecule has 15 rings (SSSR count). The van der Waals surface area contributed by atoms with Crippen molar-refractivity contribution in [2.24, 2.45) is 16.2 Å². The van der Waals surface area contributed by atoms with E-state index in [2.05, 4.69) is 39.2 Å². The molecular formula is C75H87N9O13S3. The molecule has 3 saturated carbocycles. The van der Waals surface area contributed by atoms with Gasteiger partial charge in [0.25, 0.3) is 0 Å². The Balaban J connectivity index is 0.000000135. The maximum atomic E-state index is 13.0. The van der Waals surface area contributed by atoms with Crippen LogP contribution in [-0.2, 0) is 60.5 Å². The van der Waals surface area contributed by atoms with Gasteiger partial charge in [0.2, 0.25) is 0 Å². The fraction of sp³-hybridized carbons (Fsp3) is 0.480. The summed E-state index contributed by atoms with van der Waals surface area (Å²) in [6.45, 7) is 18.0. The second kappa shape index (κ2) is 25.6. The van der Waals surface area contributed by atoms with E-state index in [9.17, 15) is 44.7 Å². The van der Waals surface area contributed by atoms with Crippen molar-refractivity contribution >= 4 is 80.0 Å². The Labute approximate surface area is 583 Å². The summed E-state index contributed by atoms with van der Waals surface area (Å²) in [6, 6.07) is 30.0. The molecule has 6 aromatic heterocycles. The number of Topliss-reactive ketones (excluding diaryl/α,β-unsaturated/α-hetero) is 3. The number of ketones is 3. The fourth-order valence-electron chi connectivity index (χ4n) is 14.9. The van der Waals surface area contributed by atoms with Gasteiger partial charge in [-0.3, -0.25) is 43.4 Å². The molecule has 0 atom stereocenters. The number of rotatable bonds is 22. The Morgan fingerprint density at radius 1 is 0.460 bits per heavy atom. The molecule has 0 bridgehead atoms. The monoisotopic (exact) mass is 1420 g/mol. The van der Waals surface area contributed by atoms with E-state index in [1.807, 2.05) is 143 Å². The SMILES string of the molecule is CC(C)n1nc(-c2cccc(C3(O)CC3)c2)c2ncc(C(=O)CC3(C)CS(=O)(=O)C3)cc21.COC1(c2cccc(-c3nn(C(C)C)c4cc(C(=O)CC5(C)CS(=O)(=O)C5)cnc34)c2)CC1.COCOC1(c2cccc(-c3nn(C(C)C)c4cc(C(=O)CC5(C)CS(=O)(=O)C5)cnc34)c2)CC1. The number of sulfone groups is 3. The molecule has 6 fully saturated rings. The number of methoxy groups -OCH3 is 2. The number of carbonyl (C=O) groups excluding carboxylic acids is 3. The van der Waals surface area contributed by atoms with Gasteiger partial charge >= 0.3 is 0 Å². The maximum Gasteiger partial charge on any atom is 0.165 e. The lowest BCUT2D eigenvalue weighted by Crippen LogP contribution is -2.47. The standard InChI is InChI=1S/C26H31N3O5S.C25H29N3O4S.C24H27N3O4S/c1-17(2)29-21-11-19(22(30)12-25(3)14-35(31,32)15-25)13-27-24(21)23(28-29)18-6-5-7-20(10-18)26(8-9-26)34-16-33-4;1-16(2)28-20-11-18(21(29)12-24(3)14-33(30,31)15-24)13-26-23(20)22(27-28)17-6-5-7-19(10-17)25(32-4)8-9-25;1-15(2)27-19-10-17(20(28)11-23(3)13-32(30,31)14-23)12-25-22(19)21(26-27)16-5-4-6-18(9-16)24(29)7-8-24/h5-7,10-11,13,17H,8-9,12,14-16H2,1-4H3;5-7,10-11,13,16H,8-9,12,14-15H2,1-4H3;4-6,9-10,12,15,29H,7-8,11,13-14H2,1-3H3. The van der Waals surface area contributed by atoms with Crippen molar-refractivity contribution in [1.82, 2.24) is 44.3 Å². The normalized spacial score (nSPS) is 19.9. The summed E-state index contributed by atoms with van der Waals surface area (Å²) >= 11 is 0. The highest BCUT2D eigenvalue weighted by atomic mass is 32.2. The zero-order chi connectivity index (χ0) is 71.5. The molecule has 3 aliphatic carbocycles. The predicted octanol–water partition coefficient (Wildman–Crippen LogP) is 12.3. The molecule has 9 heterocycles. The lowest BCUT2D eigenvalue weighted by Gasteiger charge is -2.37. The van der Waals surface area contributed by atoms with Crippen molar-refractivity contribution in [3.05, 3.63) is 143 Å². The molecule has 6 aliphatic rings. The Hall–Kier alpha value is -7.78. The molecule has 0 amide bonds. The number of hydrogen-bond donors (Lipinski definition) is 1. The van der Waals surface area contributed by atoms with Gasteiger partial charge in [0, 0.05) is 120 Å². The molecular weight excluding hydrogens is 1330 g/mol. The van der Waals surface area contributed by atoms with Crippen LogP contribution in [0.3, 0.4) is 0 Å². The highest BCUT2D eigenvalue weighted by Gasteiger charge is 2.50. The average Bonchev–Trinajstić information content (AvgIpc) is 1.58. The van der Waals surface area contributed by atoms with Crippen molar-refractivity contribution in [2.45, 2.75) is 155 Å². The highest BCUT2D eigenvalue weighted by molar-refractivity contribution is 7.93. The van der Waals surface area contributed by atoms with Crippen LogP contribution in [0.25, 0.3) is 66.9 Å². The first-order valence-electron chi connectivity index (χ1n) is 34.2. The van der Waals surface area contributed by atoms with E-state index < -0.39 is 51.4 Å². The minimum atomic E-state index is -3.01. The van der Waals surface area contributed by atoms with Crippen LogP contribution in [0.1, 0.15) is 186 Å². The van der Waals surface area contributed by atoms with Crippen molar-refractivity contribution < 1.29 is 59.0 Å². The minimum absolute atomic E-state index is 0.0537. The average molecular weight is 1420 g/mol. The number of fused-ring (bicyclic) bond motifs is 3. The zero-order valence-corrected chi connectivity index (χ0v) is 61.0. The van der Waals surface area contributed by atoms with Crippen LogP contribution < -0.4 is 0 Å². The van der Waals surface area contributed by atoms with Crippen molar-refractivity contribution in [3.8, 4) is 33.8 Å². The lowest BCUT2D eigenvalue weighted by molar-refractivity contribution is -0.0874. The van der Waals surface area contributed by atoms with Crippen LogP contribution in [0.15, 0.2) is 110 Å². The van der Waals surface area contributed by atoms with E-state index in [1.54, 1.807) is 32.8 Å². The number of carbonyl (C=O) groups is 3. The number of ether oxygens (including phenoxy) is 3. The molecule has 0 radical (unpaired) electrons. The number of pyridine rings is 3. The smallest absolute Gasteiger partial charge is 0.165 e. The van der Waals surface area contributed by atoms with Gasteiger partial charge in [-0.1, -0.05) is 75.4 Å². The van der Waals surface area contributed by atoms with E-state index in [-0.39, 0.29) is 107 Å². The predicted molar refractivity (Wildman–Crippen MR) is 382 cm³/mol. The second-order valence-corrected chi connectivity index (χ2v) is 37.0. The Bertz CT molecular complexity index is 5100. The van der Waals surface area contributed by atoms with E-state index in [4.69, 9.17) is 29.5 Å². The van der Waals surface area contributed by atoms with Gasteiger partial charge in [-0.15, -0.1) is 0 Å². The van der Waals surface area contributed by atoms with Gasteiger partial charge in [0.05, 0.1) is 67.9 Å². The first-order chi connectivity index (χ1) is 47.1. The number of nitrogens with zero attached hydrogens (tertiary/aromatic N) is 9. The van der Waals surface area contributed by atoms with E-state index >= 15 is 0 Å². The van der Waals surface area contributed by atoms with Crippen LogP contribution >= 0.6 is 0 Å². The largest absolute Gasteiger partial charge is 0.385 e. The van der Waals surface area contributed by atoms with Crippen LogP contribution in [0.2, 0.25) is 0 Å². The molecule has 3 aromatic carbocycles. The van der Waals surface area contributed by atoms with E-state index in [0.29, 0.717) is 22.2 Å². The first kappa shape index (κ1) is 70.6. The van der Waals surface area contributed by atoms with Gasteiger partial charge in [-0.25, -0.2) is 25.3 Å². The summed E-state index contributed by atoms with van der Waals surface area (Å²) in [5, 5.41) is 25.1. The zero-order valence-electron chi connectivity index (χ0n) is 58.5. The topological polar surface area (TPSA) is 294 Å². The second-order valence-electron chi connectivity index (χ2n) is 30.8. The van der Waals surface area contributed by atoms with E-state index in [0.717, 1.165) is 117 Å². The lowest BCUT2D eigenvalue weighted by atomic mass is 9.86. The summed E-state index contributed by atoms with van der Waals surface area (Å²) in [5.74, 6) is 0.0659. The maximum absolute atomic E-state index is 13.0. The third kappa shape index (κ3) is 14.2. The molecule has 22 nitrogen and oxygen atoms in total. The number of aliphatic hydroxyl groups is 1. The van der Waals surface area contributed by atoms with Crippen molar-refractivity contribution in [2.75, 3.05) is 55.5 Å². The first-order valence-corrected chi connectivity index (χ1v) is 39.6. The van der Waals surface area contributed by atoms with Gasteiger partial charge < -0.3 is 19.3 Å². The van der Waals surface area contributed by atoms with Crippen LogP contribution in [0, 0.1) is 16.2 Å². The Morgan fingerprint density at radius 3 is 1.05 bits per heavy atom. The fourth-order valence-corrected chi connectivity index (χ4v) is 21.6. The molecule has 3 saturated heterocycles. The molecule has 0 unspecified atom stereocenters. The van der Waals surface area contributed by atoms with Gasteiger partial charge in [0.1, 0.15) is 40.4 Å². The van der Waals surface area contributed by atoms with Gasteiger partial charge in [-0.2, -0.15) is 15.3 Å². The molecule has 0 spiro atoms. The summed E-state index contributed by atoms with van der Waals surface area (Å²) < 4.78 is 92.2. The number of benzene rings is 3. The molecule has 100 heavy (non-hydrogen) atoms. The summed E-state index contributed by atoms with van der Waals surface area (Å²) in [4.78, 5) is 52.9. The molecule has 25 heteroatoms. The van der Waals surface area contributed by atoms with Crippen LogP contribution in [-0.4, -0.2) is 148 Å². The summed E-state index contributed by atoms with van der Waals surface area (Å²) in [7, 11) is -5.64. The molecule has 528 valence electrons. The van der Waals surface area contributed by atoms with Crippen LogP contribution in [0.4, 0.5) is 0 Å². The summed E-state index contributed by atoms with van der Waals surface area (Å²) in [5.41, 5.74) is 11.4. The Morgan fingerprint density at radius 2 is 0.770 bits per heavy atom. The van der Waals surface area contributed by atoms with Gasteiger partial charge in [-0.05, 0) is 133 Å². The highest BCUT2D eigenvalue weighted by Crippen LogP contribution is 2.52. The third-order valence-corrected chi connectivity index (χ3v) is 27.0. The van der Waals surface area contributed by atoms with Crippen molar-refractivity contribution in [3.63, 3.8) is 0 Å². The molecule has 1 N–H and O–H groups in total. The molecule has 3 aliphatic heterocycles. The van der Waals surface area contributed by atoms with Crippen LogP contribution in [0.5, 0.6) is 0 Å². The van der Waals surface area contributed by atoms with Crippen molar-refractivity contribution in [1.29, 1.82) is 0 Å². The number of aromatic nitrogens is 9. The Kier molecular flexibility index (Phi) is 18.1.